The molecule has 2 unspecified atom stereocenters. The number of hydrogen-bond acceptors (Lipinski definition) is 7. The smallest absolute Gasteiger partial charge is 0.445 e. The van der Waals surface area contributed by atoms with Gasteiger partial charge < -0.3 is 23.9 Å². The minimum atomic E-state index is -1.15. The van der Waals surface area contributed by atoms with Crippen molar-refractivity contribution in [3.63, 3.8) is 0 Å². The van der Waals surface area contributed by atoms with E-state index in [2.05, 4.69) is 4.98 Å². The lowest BCUT2D eigenvalue weighted by atomic mass is 9.74. The molecule has 1 amide bonds. The van der Waals surface area contributed by atoms with Crippen molar-refractivity contribution in [3.8, 4) is 0 Å². The van der Waals surface area contributed by atoms with Gasteiger partial charge in [-0.15, -0.1) is 0 Å². The SMILES string of the molecule is CC1(C)OB(c2cncc(C3(O)CC4COCC(C3)N4C(=O)OCc3ccccc3)c2)OC1(C)C. The van der Waals surface area contributed by atoms with Crippen LogP contribution in [0, 0.1) is 0 Å². The molecule has 1 aromatic carbocycles. The Morgan fingerprint density at radius 1 is 1.09 bits per heavy atom. The number of carbonyl (C=O) groups is 1. The molecule has 2 bridgehead atoms. The molecular formula is C26H33BN2O6. The number of benzene rings is 1. The molecule has 2 atom stereocenters. The van der Waals surface area contributed by atoms with Crippen LogP contribution in [0.15, 0.2) is 48.8 Å². The number of nitrogens with zero attached hydrogens (tertiary/aromatic N) is 2. The summed E-state index contributed by atoms with van der Waals surface area (Å²) in [6.07, 6.45) is 3.69. The minimum Gasteiger partial charge on any atom is -0.445 e. The van der Waals surface area contributed by atoms with E-state index in [0.29, 0.717) is 31.6 Å². The van der Waals surface area contributed by atoms with Crippen molar-refractivity contribution in [2.75, 3.05) is 13.2 Å². The maximum Gasteiger partial charge on any atom is 0.496 e. The molecule has 3 saturated heterocycles. The van der Waals surface area contributed by atoms with Crippen LogP contribution >= 0.6 is 0 Å². The fraction of sp³-hybridized carbons (Fsp3) is 0.538. The van der Waals surface area contributed by atoms with Gasteiger partial charge in [-0.25, -0.2) is 4.79 Å². The van der Waals surface area contributed by atoms with E-state index in [1.165, 1.54) is 0 Å². The van der Waals surface area contributed by atoms with Crippen molar-refractivity contribution >= 4 is 18.7 Å². The Hall–Kier alpha value is -2.46. The van der Waals surface area contributed by atoms with Gasteiger partial charge >= 0.3 is 13.2 Å². The van der Waals surface area contributed by atoms with Gasteiger partial charge in [-0.2, -0.15) is 0 Å². The predicted molar refractivity (Wildman–Crippen MR) is 130 cm³/mol. The summed E-state index contributed by atoms with van der Waals surface area (Å²) in [5.74, 6) is 0. The minimum absolute atomic E-state index is 0.209. The maximum absolute atomic E-state index is 13.0. The zero-order chi connectivity index (χ0) is 24.8. The van der Waals surface area contributed by atoms with Gasteiger partial charge in [0.2, 0.25) is 0 Å². The van der Waals surface area contributed by atoms with E-state index in [9.17, 15) is 9.90 Å². The third-order valence-corrected chi connectivity index (χ3v) is 7.79. The van der Waals surface area contributed by atoms with Crippen LogP contribution in [-0.4, -0.2) is 64.7 Å². The molecule has 35 heavy (non-hydrogen) atoms. The van der Waals surface area contributed by atoms with Crippen molar-refractivity contribution in [2.24, 2.45) is 0 Å². The van der Waals surface area contributed by atoms with Crippen LogP contribution in [0.25, 0.3) is 0 Å². The summed E-state index contributed by atoms with van der Waals surface area (Å²) in [5, 5.41) is 11.8. The monoisotopic (exact) mass is 480 g/mol. The number of carbonyl (C=O) groups excluding carboxylic acids is 1. The molecule has 186 valence electrons. The third-order valence-electron chi connectivity index (χ3n) is 7.79. The predicted octanol–water partition coefficient (Wildman–Crippen LogP) is 2.77. The number of rotatable bonds is 4. The second-order valence-corrected chi connectivity index (χ2v) is 10.8. The van der Waals surface area contributed by atoms with Gasteiger partial charge in [0.15, 0.2) is 0 Å². The molecule has 1 N–H and O–H groups in total. The molecule has 4 heterocycles. The van der Waals surface area contributed by atoms with E-state index in [0.717, 1.165) is 11.0 Å². The summed E-state index contributed by atoms with van der Waals surface area (Å²) < 4.78 is 23.7. The van der Waals surface area contributed by atoms with Crippen LogP contribution in [0.3, 0.4) is 0 Å². The Morgan fingerprint density at radius 2 is 1.71 bits per heavy atom. The summed E-state index contributed by atoms with van der Waals surface area (Å²) in [6.45, 7) is 8.93. The average molecular weight is 480 g/mol. The molecule has 5 rings (SSSR count). The van der Waals surface area contributed by atoms with Crippen molar-refractivity contribution in [1.29, 1.82) is 0 Å². The number of aromatic nitrogens is 1. The third kappa shape index (κ3) is 4.58. The number of hydrogen-bond donors (Lipinski definition) is 1. The zero-order valence-electron chi connectivity index (χ0n) is 20.8. The molecule has 2 aromatic rings. The van der Waals surface area contributed by atoms with E-state index in [1.807, 2.05) is 64.1 Å². The molecule has 0 saturated carbocycles. The first kappa shape index (κ1) is 24.2. The van der Waals surface area contributed by atoms with Crippen LogP contribution in [0.5, 0.6) is 0 Å². The van der Waals surface area contributed by atoms with Crippen LogP contribution in [0.4, 0.5) is 4.79 Å². The topological polar surface area (TPSA) is 90.4 Å². The van der Waals surface area contributed by atoms with E-state index in [-0.39, 0.29) is 24.8 Å². The first-order valence-corrected chi connectivity index (χ1v) is 12.2. The van der Waals surface area contributed by atoms with Crippen molar-refractivity contribution in [3.05, 3.63) is 59.9 Å². The molecule has 3 fully saturated rings. The molecule has 0 spiro atoms. The Kier molecular flexibility index (Phi) is 6.16. The number of morpholine rings is 1. The van der Waals surface area contributed by atoms with E-state index in [1.54, 1.807) is 17.3 Å². The van der Waals surface area contributed by atoms with Gasteiger partial charge in [0, 0.05) is 36.3 Å². The number of piperidine rings is 1. The number of fused-ring (bicyclic) bond motifs is 2. The van der Waals surface area contributed by atoms with Crippen LogP contribution < -0.4 is 5.46 Å². The average Bonchev–Trinajstić information content (AvgIpc) is 3.04. The molecule has 9 heteroatoms. The second-order valence-electron chi connectivity index (χ2n) is 10.8. The van der Waals surface area contributed by atoms with Gasteiger partial charge in [-0.05, 0) is 33.3 Å². The van der Waals surface area contributed by atoms with E-state index < -0.39 is 23.9 Å². The Labute approximate surface area is 206 Å². The van der Waals surface area contributed by atoms with Gasteiger partial charge in [0.25, 0.3) is 0 Å². The number of ether oxygens (including phenoxy) is 2. The van der Waals surface area contributed by atoms with Gasteiger partial charge in [-0.3, -0.25) is 9.88 Å². The number of pyridine rings is 1. The summed E-state index contributed by atoms with van der Waals surface area (Å²) in [6, 6.07) is 10.9. The van der Waals surface area contributed by atoms with Crippen LogP contribution in [-0.2, 0) is 31.0 Å². The molecule has 0 radical (unpaired) electrons. The first-order valence-electron chi connectivity index (χ1n) is 12.2. The second kappa shape index (κ2) is 8.89. The summed E-state index contributed by atoms with van der Waals surface area (Å²) in [7, 11) is -0.563. The Bertz CT molecular complexity index is 1050. The zero-order valence-corrected chi connectivity index (χ0v) is 20.8. The maximum atomic E-state index is 13.0. The molecular weight excluding hydrogens is 447 g/mol. The highest BCUT2D eigenvalue weighted by Gasteiger charge is 2.53. The van der Waals surface area contributed by atoms with Crippen molar-refractivity contribution in [1.82, 2.24) is 9.88 Å². The Balaban J connectivity index is 1.32. The van der Waals surface area contributed by atoms with E-state index >= 15 is 0 Å². The molecule has 8 nitrogen and oxygen atoms in total. The number of amides is 1. The Morgan fingerprint density at radius 3 is 2.34 bits per heavy atom. The van der Waals surface area contributed by atoms with Crippen LogP contribution in [0.2, 0.25) is 0 Å². The quantitative estimate of drug-likeness (QED) is 0.674. The van der Waals surface area contributed by atoms with Crippen LogP contribution in [0.1, 0.15) is 51.7 Å². The summed E-state index contributed by atoms with van der Waals surface area (Å²) in [5.41, 5.74) is 0.303. The van der Waals surface area contributed by atoms with E-state index in [4.69, 9.17) is 18.8 Å². The lowest BCUT2D eigenvalue weighted by Gasteiger charge is -2.50. The first-order chi connectivity index (χ1) is 16.6. The van der Waals surface area contributed by atoms with Gasteiger partial charge in [0.05, 0.1) is 42.1 Å². The standard InChI is InChI=1S/C26H33BN2O6/c1-24(2)25(3,4)35-27(34-24)20-10-19(13-28-14-20)26(31)11-21-16-32-17-22(12-26)29(21)23(30)33-15-18-8-6-5-7-9-18/h5-10,13-14,21-22,31H,11-12,15-17H2,1-4H3. The highest BCUT2D eigenvalue weighted by atomic mass is 16.7. The lowest BCUT2D eigenvalue weighted by Crippen LogP contribution is -2.62. The highest BCUT2D eigenvalue weighted by molar-refractivity contribution is 6.62. The summed E-state index contributed by atoms with van der Waals surface area (Å²) >= 11 is 0. The lowest BCUT2D eigenvalue weighted by molar-refractivity contribution is -0.137. The largest absolute Gasteiger partial charge is 0.496 e. The molecule has 0 aliphatic carbocycles. The van der Waals surface area contributed by atoms with Gasteiger partial charge in [0.1, 0.15) is 6.61 Å². The molecule has 1 aromatic heterocycles. The molecule has 3 aliphatic rings. The van der Waals surface area contributed by atoms with Gasteiger partial charge in [-0.1, -0.05) is 36.4 Å². The molecule has 3 aliphatic heterocycles. The fourth-order valence-electron chi connectivity index (χ4n) is 5.12. The van der Waals surface area contributed by atoms with Crippen molar-refractivity contribution < 1.29 is 28.7 Å². The highest BCUT2D eigenvalue weighted by Crippen LogP contribution is 2.41. The van der Waals surface area contributed by atoms with Crippen molar-refractivity contribution in [2.45, 2.75) is 76.0 Å². The number of aliphatic hydroxyl groups is 1. The summed E-state index contributed by atoms with van der Waals surface area (Å²) in [4.78, 5) is 19.1. The fourth-order valence-corrected chi connectivity index (χ4v) is 5.12. The normalized spacial score (nSPS) is 29.2.